The number of benzene rings is 1. The first kappa shape index (κ1) is 15.1. The number of nitrogens with one attached hydrogen (secondary N) is 1. The molecule has 0 bridgehead atoms. The Bertz CT molecular complexity index is 768. The molecule has 1 aromatic carbocycles. The van der Waals surface area contributed by atoms with Gasteiger partial charge < -0.3 is 10.1 Å². The fourth-order valence-corrected chi connectivity index (χ4v) is 2.69. The molecule has 23 heavy (non-hydrogen) atoms. The van der Waals surface area contributed by atoms with Gasteiger partial charge in [-0.3, -0.25) is 4.79 Å². The largest absolute Gasteiger partial charge is 0.435 e. The van der Waals surface area contributed by atoms with Crippen LogP contribution in [-0.2, 0) is 4.79 Å². The number of nitrogens with zero attached hydrogens (tertiary/aromatic N) is 3. The second-order valence-corrected chi connectivity index (χ2v) is 5.10. The van der Waals surface area contributed by atoms with Crippen molar-refractivity contribution in [2.75, 3.05) is 5.32 Å². The van der Waals surface area contributed by atoms with Gasteiger partial charge in [0.25, 0.3) is 0 Å². The zero-order chi connectivity index (χ0) is 16.6. The Morgan fingerprint density at radius 1 is 1.35 bits per heavy atom. The van der Waals surface area contributed by atoms with Crippen molar-refractivity contribution >= 4 is 11.7 Å². The van der Waals surface area contributed by atoms with Crippen LogP contribution in [0.3, 0.4) is 0 Å². The molecule has 0 saturated carbocycles. The van der Waals surface area contributed by atoms with Gasteiger partial charge in [-0.25, -0.2) is 4.68 Å². The van der Waals surface area contributed by atoms with Gasteiger partial charge in [-0.05, 0) is 31.5 Å². The number of rotatable bonds is 4. The number of halogens is 2. The summed E-state index contributed by atoms with van der Waals surface area (Å²) in [5, 5.41) is 7.19. The van der Waals surface area contributed by atoms with Gasteiger partial charge in [0.1, 0.15) is 18.1 Å². The first-order valence-electron chi connectivity index (χ1n) is 6.90. The Balaban J connectivity index is 2.04. The minimum absolute atomic E-state index is 0.0570. The molecule has 0 aliphatic carbocycles. The lowest BCUT2D eigenvalue weighted by atomic mass is 9.93. The third kappa shape index (κ3) is 2.79. The van der Waals surface area contributed by atoms with Gasteiger partial charge in [0.2, 0.25) is 5.95 Å². The van der Waals surface area contributed by atoms with Crippen LogP contribution in [0.25, 0.3) is 0 Å². The van der Waals surface area contributed by atoms with E-state index < -0.39 is 12.7 Å². The molecule has 0 amide bonds. The Labute approximate surface area is 130 Å². The number of carbonyl (C=O) groups is 1. The van der Waals surface area contributed by atoms with Crippen molar-refractivity contribution in [2.24, 2.45) is 0 Å². The Kier molecular flexibility index (Phi) is 3.81. The molecular weight excluding hydrogens is 306 g/mol. The summed E-state index contributed by atoms with van der Waals surface area (Å²) in [6, 6.07) is 5.68. The lowest BCUT2D eigenvalue weighted by Gasteiger charge is -2.28. The highest BCUT2D eigenvalue weighted by Gasteiger charge is 2.31. The Hall–Kier alpha value is -2.77. The fourth-order valence-electron chi connectivity index (χ4n) is 2.69. The van der Waals surface area contributed by atoms with Gasteiger partial charge in [-0.1, -0.05) is 12.1 Å². The number of ether oxygens (including phenoxy) is 1. The number of ketones is 1. The smallest absolute Gasteiger partial charge is 0.387 e. The van der Waals surface area contributed by atoms with Crippen LogP contribution >= 0.6 is 0 Å². The van der Waals surface area contributed by atoms with Crippen molar-refractivity contribution < 1.29 is 18.3 Å². The molecule has 2 aromatic rings. The maximum absolute atomic E-state index is 12.2. The van der Waals surface area contributed by atoms with Gasteiger partial charge in [0.15, 0.2) is 5.78 Å². The number of hydrogen-bond donors (Lipinski definition) is 1. The number of fused-ring (bicyclic) bond motifs is 1. The van der Waals surface area contributed by atoms with E-state index in [-0.39, 0.29) is 11.5 Å². The summed E-state index contributed by atoms with van der Waals surface area (Å²) >= 11 is 0. The van der Waals surface area contributed by atoms with E-state index in [1.54, 1.807) is 23.7 Å². The number of Topliss-reactive ketones (excluding diaryl/α,β-unsaturated/α-hetero) is 1. The molecule has 0 radical (unpaired) electrons. The molecule has 6 nitrogen and oxygen atoms in total. The standard InChI is InChI=1S/C15H14F2N4O2/c1-8-12(9(2)22)13(21-15(20-8)18-7-19-21)10-3-5-11(6-4-10)23-14(16)17/h3-7,13-14H,1-2H3,(H,18,19,20)/t13-/m1/s1. The Morgan fingerprint density at radius 3 is 2.65 bits per heavy atom. The van der Waals surface area contributed by atoms with E-state index in [1.807, 2.05) is 0 Å². The molecule has 1 atom stereocenters. The molecule has 120 valence electrons. The summed E-state index contributed by atoms with van der Waals surface area (Å²) in [4.78, 5) is 16.2. The minimum Gasteiger partial charge on any atom is -0.435 e. The van der Waals surface area contributed by atoms with Crippen molar-refractivity contribution in [3.05, 3.63) is 47.4 Å². The van der Waals surface area contributed by atoms with Crippen molar-refractivity contribution in [1.82, 2.24) is 14.8 Å². The number of allylic oxidation sites excluding steroid dienone is 2. The molecule has 2 heterocycles. The number of aromatic nitrogens is 3. The predicted molar refractivity (Wildman–Crippen MR) is 78.2 cm³/mol. The van der Waals surface area contributed by atoms with Gasteiger partial charge >= 0.3 is 6.61 Å². The molecule has 0 spiro atoms. The fraction of sp³-hybridized carbons (Fsp3) is 0.267. The van der Waals surface area contributed by atoms with E-state index in [2.05, 4.69) is 20.1 Å². The van der Waals surface area contributed by atoms with E-state index in [9.17, 15) is 13.6 Å². The van der Waals surface area contributed by atoms with Gasteiger partial charge in [0, 0.05) is 11.3 Å². The molecule has 1 N–H and O–H groups in total. The lowest BCUT2D eigenvalue weighted by Crippen LogP contribution is -2.27. The molecule has 1 aliphatic rings. The quantitative estimate of drug-likeness (QED) is 0.938. The summed E-state index contributed by atoms with van der Waals surface area (Å²) in [6.07, 6.45) is 1.39. The SMILES string of the molecule is CC(=O)C1=C(C)Nc2ncnn2[C@@H]1c1ccc(OC(F)F)cc1. The van der Waals surface area contributed by atoms with Crippen LogP contribution in [0, 0.1) is 0 Å². The van der Waals surface area contributed by atoms with Crippen LogP contribution in [0.4, 0.5) is 14.7 Å². The lowest BCUT2D eigenvalue weighted by molar-refractivity contribution is -0.114. The van der Waals surface area contributed by atoms with Crippen LogP contribution in [0.2, 0.25) is 0 Å². The number of hydrogen-bond acceptors (Lipinski definition) is 5. The first-order valence-corrected chi connectivity index (χ1v) is 6.90. The van der Waals surface area contributed by atoms with E-state index in [0.29, 0.717) is 17.2 Å². The van der Waals surface area contributed by atoms with Gasteiger partial charge in [-0.15, -0.1) is 0 Å². The summed E-state index contributed by atoms with van der Waals surface area (Å²) in [5.74, 6) is 0.473. The van der Waals surface area contributed by atoms with Crippen LogP contribution in [0.5, 0.6) is 5.75 Å². The second kappa shape index (κ2) is 5.79. The van der Waals surface area contributed by atoms with Gasteiger partial charge in [-0.2, -0.15) is 18.9 Å². The second-order valence-electron chi connectivity index (χ2n) is 5.10. The van der Waals surface area contributed by atoms with E-state index in [0.717, 1.165) is 5.56 Å². The highest BCUT2D eigenvalue weighted by Crippen LogP contribution is 2.35. The molecule has 8 heteroatoms. The minimum atomic E-state index is -2.88. The van der Waals surface area contributed by atoms with E-state index in [4.69, 9.17) is 0 Å². The van der Waals surface area contributed by atoms with Crippen molar-refractivity contribution in [3.8, 4) is 5.75 Å². The van der Waals surface area contributed by atoms with Crippen LogP contribution in [-0.4, -0.2) is 27.2 Å². The molecule has 1 aliphatic heterocycles. The molecule has 3 rings (SSSR count). The van der Waals surface area contributed by atoms with E-state index >= 15 is 0 Å². The summed E-state index contributed by atoms with van der Waals surface area (Å²) in [6.45, 7) is 0.386. The highest BCUT2D eigenvalue weighted by atomic mass is 19.3. The Morgan fingerprint density at radius 2 is 2.04 bits per heavy atom. The molecular formula is C15H14F2N4O2. The first-order chi connectivity index (χ1) is 11.0. The predicted octanol–water partition coefficient (Wildman–Crippen LogP) is 2.76. The average Bonchev–Trinajstić information content (AvgIpc) is 2.93. The number of alkyl halides is 2. The highest BCUT2D eigenvalue weighted by molar-refractivity contribution is 5.96. The van der Waals surface area contributed by atoms with Crippen molar-refractivity contribution in [1.29, 1.82) is 0 Å². The van der Waals surface area contributed by atoms with E-state index in [1.165, 1.54) is 25.4 Å². The third-order valence-electron chi connectivity index (χ3n) is 3.59. The van der Waals surface area contributed by atoms with Crippen LogP contribution in [0.1, 0.15) is 25.5 Å². The molecule has 0 saturated heterocycles. The number of carbonyl (C=O) groups excluding carboxylic acids is 1. The van der Waals surface area contributed by atoms with Crippen LogP contribution in [0.15, 0.2) is 41.9 Å². The zero-order valence-electron chi connectivity index (χ0n) is 12.5. The number of anilines is 1. The van der Waals surface area contributed by atoms with Crippen LogP contribution < -0.4 is 10.1 Å². The topological polar surface area (TPSA) is 69.0 Å². The monoisotopic (exact) mass is 320 g/mol. The average molecular weight is 320 g/mol. The molecule has 0 unspecified atom stereocenters. The van der Waals surface area contributed by atoms with Gasteiger partial charge in [0.05, 0.1) is 0 Å². The maximum atomic E-state index is 12.2. The maximum Gasteiger partial charge on any atom is 0.387 e. The molecule has 0 fully saturated rings. The van der Waals surface area contributed by atoms with Crippen molar-refractivity contribution in [2.45, 2.75) is 26.5 Å². The zero-order valence-corrected chi connectivity index (χ0v) is 12.5. The molecule has 1 aromatic heterocycles. The third-order valence-corrected chi connectivity index (χ3v) is 3.59. The normalized spacial score (nSPS) is 17.0. The summed E-state index contributed by atoms with van der Waals surface area (Å²) in [5.41, 5.74) is 1.96. The van der Waals surface area contributed by atoms with Crippen molar-refractivity contribution in [3.63, 3.8) is 0 Å². The summed E-state index contributed by atoms with van der Waals surface area (Å²) < 4.78 is 30.4. The summed E-state index contributed by atoms with van der Waals surface area (Å²) in [7, 11) is 0.